The zero-order valence-corrected chi connectivity index (χ0v) is 19.9. The largest absolute Gasteiger partial charge is 0.444 e. The van der Waals surface area contributed by atoms with Gasteiger partial charge >= 0.3 is 6.09 Å². The van der Waals surface area contributed by atoms with Crippen molar-refractivity contribution in [3.63, 3.8) is 0 Å². The predicted octanol–water partition coefficient (Wildman–Crippen LogP) is 2.01. The van der Waals surface area contributed by atoms with E-state index in [1.54, 1.807) is 45.0 Å². The van der Waals surface area contributed by atoms with Crippen LogP contribution in [-0.4, -0.2) is 55.6 Å². The third-order valence-corrected chi connectivity index (χ3v) is 5.87. The summed E-state index contributed by atoms with van der Waals surface area (Å²) in [6.45, 7) is 7.32. The predicted molar refractivity (Wildman–Crippen MR) is 120 cm³/mol. The van der Waals surface area contributed by atoms with Crippen molar-refractivity contribution in [2.75, 3.05) is 13.3 Å². The number of amides is 2. The van der Waals surface area contributed by atoms with Gasteiger partial charge in [0.1, 0.15) is 5.60 Å². The highest BCUT2D eigenvalue weighted by Gasteiger charge is 2.34. The van der Waals surface area contributed by atoms with E-state index < -0.39 is 22.5 Å². The van der Waals surface area contributed by atoms with Crippen LogP contribution < -0.4 is 10.9 Å². The fraction of sp³-hybridized carbons (Fsp3) is 0.455. The van der Waals surface area contributed by atoms with Gasteiger partial charge in [-0.3, -0.25) is 23.3 Å². The summed E-state index contributed by atoms with van der Waals surface area (Å²) >= 11 is 0. The molecule has 2 aromatic rings. The highest BCUT2D eigenvalue weighted by molar-refractivity contribution is 7.84. The van der Waals surface area contributed by atoms with Crippen LogP contribution in [0, 0.1) is 0 Å². The van der Waals surface area contributed by atoms with Crippen molar-refractivity contribution in [2.24, 2.45) is 0 Å². The summed E-state index contributed by atoms with van der Waals surface area (Å²) in [6, 6.07) is 6.16. The second-order valence-electron chi connectivity index (χ2n) is 8.70. The lowest BCUT2D eigenvalue weighted by atomic mass is 10.00. The Balaban J connectivity index is 2.06. The molecule has 1 unspecified atom stereocenters. The maximum Gasteiger partial charge on any atom is 0.410 e. The average Bonchev–Trinajstić information content (AvgIpc) is 2.72. The molecule has 1 aromatic carbocycles. The molecule has 3 rings (SSSR count). The van der Waals surface area contributed by atoms with E-state index in [2.05, 4.69) is 10.3 Å². The van der Waals surface area contributed by atoms with Crippen molar-refractivity contribution < 1.29 is 18.5 Å². The summed E-state index contributed by atoms with van der Waals surface area (Å²) < 4.78 is 19.3. The summed E-state index contributed by atoms with van der Waals surface area (Å²) in [5.74, 6) is -0.247. The van der Waals surface area contributed by atoms with Crippen LogP contribution in [0.3, 0.4) is 0 Å². The van der Waals surface area contributed by atoms with Gasteiger partial charge in [-0.05, 0) is 52.0 Å². The number of benzene rings is 1. The number of nitrogens with one attached hydrogen (secondary N) is 1. The van der Waals surface area contributed by atoms with Gasteiger partial charge in [0.05, 0.1) is 28.7 Å². The molecule has 2 heterocycles. The highest BCUT2D eigenvalue weighted by atomic mass is 32.2. The Kier molecular flexibility index (Phi) is 6.54. The van der Waals surface area contributed by atoms with Crippen LogP contribution in [0.15, 0.2) is 34.2 Å². The molecule has 1 aliphatic heterocycles. The normalized spacial score (nSPS) is 16.8. The zero-order valence-electron chi connectivity index (χ0n) is 19.1. The number of hydrogen-bond acceptors (Lipinski definition) is 6. The number of hydrogen-bond donors (Lipinski definition) is 1. The fourth-order valence-electron chi connectivity index (χ4n) is 3.53. The van der Waals surface area contributed by atoms with Crippen molar-refractivity contribution in [1.29, 1.82) is 0 Å². The quantitative estimate of drug-likeness (QED) is 0.702. The number of carbonyl (C=O) groups excluding carboxylic acids is 2. The number of aromatic nitrogens is 2. The van der Waals surface area contributed by atoms with Crippen LogP contribution in [0.25, 0.3) is 5.69 Å². The average molecular weight is 461 g/mol. The van der Waals surface area contributed by atoms with Crippen LogP contribution in [-0.2, 0) is 28.5 Å². The number of nitrogens with zero attached hydrogens (tertiary/aromatic N) is 3. The Morgan fingerprint density at radius 2 is 1.84 bits per heavy atom. The SMILES string of the molecule is CNC(=O)c1ccc(-n2c(S(C)=O)nc3c(c2=O)C[C@@H](C)N(C(=O)OC(C)(C)C)C3)cc1. The molecule has 0 spiro atoms. The van der Waals surface area contributed by atoms with E-state index in [9.17, 15) is 18.6 Å². The van der Waals surface area contributed by atoms with Crippen molar-refractivity contribution in [3.8, 4) is 5.69 Å². The van der Waals surface area contributed by atoms with Crippen LogP contribution in [0.1, 0.15) is 49.3 Å². The Labute approximate surface area is 189 Å². The molecule has 172 valence electrons. The van der Waals surface area contributed by atoms with E-state index >= 15 is 0 Å². The maximum atomic E-state index is 13.4. The van der Waals surface area contributed by atoms with Gasteiger partial charge < -0.3 is 10.1 Å². The molecule has 1 N–H and O–H groups in total. The van der Waals surface area contributed by atoms with Gasteiger partial charge in [-0.2, -0.15) is 0 Å². The van der Waals surface area contributed by atoms with Crippen molar-refractivity contribution in [1.82, 2.24) is 19.8 Å². The van der Waals surface area contributed by atoms with Crippen LogP contribution >= 0.6 is 0 Å². The third kappa shape index (κ3) is 4.74. The number of carbonyl (C=O) groups is 2. The standard InChI is InChI=1S/C22H28N4O5S/c1-13-11-16-17(12-25(13)21(29)31-22(2,3)4)24-20(32(6)30)26(19(16)28)15-9-7-14(8-10-15)18(27)23-5/h7-10,13H,11-12H2,1-6H3,(H,23,27)/t13-,32?/m1/s1. The first-order valence-electron chi connectivity index (χ1n) is 10.2. The van der Waals surface area contributed by atoms with E-state index in [0.29, 0.717) is 28.9 Å². The summed E-state index contributed by atoms with van der Waals surface area (Å²) in [7, 11) is -0.0378. The van der Waals surface area contributed by atoms with Crippen molar-refractivity contribution in [2.45, 2.75) is 57.5 Å². The second-order valence-corrected chi connectivity index (χ2v) is 9.98. The van der Waals surface area contributed by atoms with E-state index in [-0.39, 0.29) is 29.2 Å². The zero-order chi connectivity index (χ0) is 23.8. The molecule has 2 amide bonds. The molecular formula is C22H28N4O5S. The van der Waals surface area contributed by atoms with Crippen molar-refractivity contribution >= 4 is 22.8 Å². The van der Waals surface area contributed by atoms with Gasteiger partial charge in [0.25, 0.3) is 11.5 Å². The lowest BCUT2D eigenvalue weighted by Crippen LogP contribution is -2.47. The summed E-state index contributed by atoms with van der Waals surface area (Å²) in [5.41, 5.74) is 0.819. The minimum absolute atomic E-state index is 0.0835. The van der Waals surface area contributed by atoms with Crippen LogP contribution in [0.2, 0.25) is 0 Å². The number of ether oxygens (including phenoxy) is 1. The molecule has 0 saturated carbocycles. The molecule has 1 aromatic heterocycles. The van der Waals surface area contributed by atoms with E-state index in [4.69, 9.17) is 4.74 Å². The van der Waals surface area contributed by atoms with E-state index in [0.717, 1.165) is 0 Å². The van der Waals surface area contributed by atoms with Gasteiger partial charge in [0.2, 0.25) is 5.16 Å². The lowest BCUT2D eigenvalue weighted by Gasteiger charge is -2.35. The van der Waals surface area contributed by atoms with Gasteiger partial charge in [-0.15, -0.1) is 0 Å². The monoisotopic (exact) mass is 460 g/mol. The molecule has 0 radical (unpaired) electrons. The van der Waals surface area contributed by atoms with Gasteiger partial charge in [0.15, 0.2) is 0 Å². The number of fused-ring (bicyclic) bond motifs is 1. The molecule has 9 nitrogen and oxygen atoms in total. The Hall–Kier alpha value is -3.01. The smallest absolute Gasteiger partial charge is 0.410 e. The molecule has 10 heteroatoms. The molecule has 32 heavy (non-hydrogen) atoms. The second kappa shape index (κ2) is 8.85. The Morgan fingerprint density at radius 1 is 1.22 bits per heavy atom. The summed E-state index contributed by atoms with van der Waals surface area (Å²) in [5, 5.41) is 2.63. The first-order valence-corrected chi connectivity index (χ1v) is 11.8. The molecule has 0 aliphatic carbocycles. The third-order valence-electron chi connectivity index (χ3n) is 5.08. The van der Waals surface area contributed by atoms with Crippen LogP contribution in [0.5, 0.6) is 0 Å². The van der Waals surface area contributed by atoms with E-state index in [1.807, 2.05) is 6.92 Å². The summed E-state index contributed by atoms with van der Waals surface area (Å²) in [6.07, 6.45) is 1.26. The first-order chi connectivity index (χ1) is 14.9. The molecular weight excluding hydrogens is 432 g/mol. The first kappa shape index (κ1) is 23.6. The molecule has 2 atom stereocenters. The topological polar surface area (TPSA) is 111 Å². The van der Waals surface area contributed by atoms with Crippen LogP contribution in [0.4, 0.5) is 4.79 Å². The molecule has 0 bridgehead atoms. The molecule has 1 aliphatic rings. The summed E-state index contributed by atoms with van der Waals surface area (Å²) in [4.78, 5) is 44.0. The minimum Gasteiger partial charge on any atom is -0.444 e. The van der Waals surface area contributed by atoms with Crippen molar-refractivity contribution in [3.05, 3.63) is 51.4 Å². The Morgan fingerprint density at radius 3 is 2.38 bits per heavy atom. The van der Waals surface area contributed by atoms with Gasteiger partial charge in [0, 0.05) is 36.9 Å². The number of rotatable bonds is 3. The fourth-order valence-corrected chi connectivity index (χ4v) is 4.21. The maximum absolute atomic E-state index is 13.4. The molecule has 0 fully saturated rings. The van der Waals surface area contributed by atoms with Gasteiger partial charge in [-0.1, -0.05) is 0 Å². The lowest BCUT2D eigenvalue weighted by molar-refractivity contribution is 0.0132. The highest BCUT2D eigenvalue weighted by Crippen LogP contribution is 2.24. The van der Waals surface area contributed by atoms with E-state index in [1.165, 1.54) is 22.8 Å². The molecule has 0 saturated heterocycles. The minimum atomic E-state index is -1.57. The Bertz CT molecular complexity index is 1130. The van der Waals surface area contributed by atoms with Gasteiger partial charge in [-0.25, -0.2) is 9.78 Å².